The van der Waals surface area contributed by atoms with Crippen LogP contribution < -0.4 is 5.01 Å². The highest BCUT2D eigenvalue weighted by molar-refractivity contribution is 5.35. The van der Waals surface area contributed by atoms with E-state index in [0.717, 1.165) is 11.1 Å². The molecule has 0 fully saturated rings. The molecule has 0 bridgehead atoms. The lowest BCUT2D eigenvalue weighted by atomic mass is 9.98. The van der Waals surface area contributed by atoms with Gasteiger partial charge >= 0.3 is 0 Å². The molecule has 0 unspecified atom stereocenters. The molecule has 0 saturated heterocycles. The van der Waals surface area contributed by atoms with E-state index in [9.17, 15) is 8.78 Å². The quantitative estimate of drug-likeness (QED) is 0.743. The minimum atomic E-state index is -0.301. The van der Waals surface area contributed by atoms with E-state index in [0.29, 0.717) is 0 Å². The third kappa shape index (κ3) is 2.81. The van der Waals surface area contributed by atoms with Gasteiger partial charge in [0.15, 0.2) is 0 Å². The Kier molecular flexibility index (Phi) is 3.82. The van der Waals surface area contributed by atoms with Crippen molar-refractivity contribution in [2.24, 2.45) is 0 Å². The van der Waals surface area contributed by atoms with Crippen molar-refractivity contribution in [1.82, 2.24) is 14.9 Å². The van der Waals surface area contributed by atoms with Gasteiger partial charge in [0.25, 0.3) is 0 Å². The summed E-state index contributed by atoms with van der Waals surface area (Å²) in [7, 11) is 1.84. The number of nitrogens with zero attached hydrogens (tertiary/aromatic N) is 4. The van der Waals surface area contributed by atoms with Crippen LogP contribution in [-0.2, 0) is 0 Å². The first-order valence-electron chi connectivity index (χ1n) is 6.74. The lowest BCUT2D eigenvalue weighted by Gasteiger charge is -2.30. The molecule has 0 aliphatic heterocycles. The molecule has 112 valence electrons. The SMILES string of the molecule is CN(C(c1ccc(F)cc1)c1ccc(F)cc1)n1cncn1. The summed E-state index contributed by atoms with van der Waals surface area (Å²) in [4.78, 5) is 5.51. The molecule has 3 aromatic rings. The van der Waals surface area contributed by atoms with Crippen LogP contribution in [0.5, 0.6) is 0 Å². The minimum Gasteiger partial charge on any atom is -0.287 e. The van der Waals surface area contributed by atoms with E-state index in [1.54, 1.807) is 35.4 Å². The van der Waals surface area contributed by atoms with Crippen LogP contribution in [-0.4, -0.2) is 21.9 Å². The van der Waals surface area contributed by atoms with Crippen LogP contribution in [0.1, 0.15) is 17.2 Å². The van der Waals surface area contributed by atoms with Crippen LogP contribution in [0.25, 0.3) is 0 Å². The third-order valence-corrected chi connectivity index (χ3v) is 3.47. The summed E-state index contributed by atoms with van der Waals surface area (Å²) in [6.45, 7) is 0. The standard InChI is InChI=1S/C16H14F2N4/c1-21(22-11-19-10-20-22)16(12-2-6-14(17)7-3-12)13-4-8-15(18)9-5-13/h2-11,16H,1H3. The molecule has 6 heteroatoms. The second-order valence-electron chi connectivity index (χ2n) is 4.90. The van der Waals surface area contributed by atoms with Crippen LogP contribution in [0.3, 0.4) is 0 Å². The molecule has 0 spiro atoms. The minimum absolute atomic E-state index is 0.247. The lowest BCUT2D eigenvalue weighted by Crippen LogP contribution is -2.35. The van der Waals surface area contributed by atoms with Crippen LogP contribution in [0.4, 0.5) is 8.78 Å². The van der Waals surface area contributed by atoms with Crippen molar-refractivity contribution in [3.05, 3.63) is 83.9 Å². The fourth-order valence-corrected chi connectivity index (χ4v) is 2.40. The van der Waals surface area contributed by atoms with Gasteiger partial charge in [-0.25, -0.2) is 13.8 Å². The number of hydrogen-bond acceptors (Lipinski definition) is 3. The van der Waals surface area contributed by atoms with Crippen molar-refractivity contribution in [3.8, 4) is 0 Å². The summed E-state index contributed by atoms with van der Waals surface area (Å²) in [5, 5.41) is 5.95. The Bertz CT molecular complexity index is 678. The van der Waals surface area contributed by atoms with E-state index in [4.69, 9.17) is 0 Å². The van der Waals surface area contributed by atoms with E-state index >= 15 is 0 Å². The van der Waals surface area contributed by atoms with Crippen molar-refractivity contribution in [1.29, 1.82) is 0 Å². The fraction of sp³-hybridized carbons (Fsp3) is 0.125. The number of rotatable bonds is 4. The highest BCUT2D eigenvalue weighted by Gasteiger charge is 2.20. The zero-order valence-corrected chi connectivity index (χ0v) is 11.9. The second-order valence-corrected chi connectivity index (χ2v) is 4.90. The Morgan fingerprint density at radius 2 is 1.41 bits per heavy atom. The van der Waals surface area contributed by atoms with E-state index < -0.39 is 0 Å². The molecule has 0 aliphatic carbocycles. The highest BCUT2D eigenvalue weighted by atomic mass is 19.1. The summed E-state index contributed by atoms with van der Waals surface area (Å²) in [5.41, 5.74) is 1.73. The van der Waals surface area contributed by atoms with Crippen LogP contribution in [0.2, 0.25) is 0 Å². The van der Waals surface area contributed by atoms with Gasteiger partial charge < -0.3 is 0 Å². The summed E-state index contributed by atoms with van der Waals surface area (Å²) in [6, 6.07) is 12.2. The smallest absolute Gasteiger partial charge is 0.139 e. The van der Waals surface area contributed by atoms with Gasteiger partial charge in [-0.2, -0.15) is 4.79 Å². The predicted molar refractivity (Wildman–Crippen MR) is 78.8 cm³/mol. The summed E-state index contributed by atoms with van der Waals surface area (Å²) in [5.74, 6) is -0.602. The Morgan fingerprint density at radius 3 is 1.82 bits per heavy atom. The van der Waals surface area contributed by atoms with Crippen LogP contribution in [0, 0.1) is 11.6 Å². The topological polar surface area (TPSA) is 34.0 Å². The van der Waals surface area contributed by atoms with E-state index in [-0.39, 0.29) is 17.7 Å². The van der Waals surface area contributed by atoms with Crippen LogP contribution >= 0.6 is 0 Å². The molecule has 2 aromatic carbocycles. The zero-order valence-electron chi connectivity index (χ0n) is 11.9. The van der Waals surface area contributed by atoms with E-state index in [1.807, 2.05) is 12.1 Å². The molecular formula is C16H14F2N4. The van der Waals surface area contributed by atoms with Gasteiger partial charge in [0.2, 0.25) is 0 Å². The maximum atomic E-state index is 13.2. The van der Waals surface area contributed by atoms with Gasteiger partial charge in [-0.3, -0.25) is 5.01 Å². The fourth-order valence-electron chi connectivity index (χ4n) is 2.40. The number of aromatic nitrogens is 3. The molecule has 22 heavy (non-hydrogen) atoms. The second kappa shape index (κ2) is 5.93. The number of benzene rings is 2. The van der Waals surface area contributed by atoms with Gasteiger partial charge in [0, 0.05) is 7.05 Å². The summed E-state index contributed by atoms with van der Waals surface area (Å²) in [6.07, 6.45) is 3.00. The molecule has 0 radical (unpaired) electrons. The predicted octanol–water partition coefficient (Wildman–Crippen LogP) is 2.91. The zero-order chi connectivity index (χ0) is 15.5. The van der Waals surface area contributed by atoms with Crippen molar-refractivity contribution in [3.63, 3.8) is 0 Å². The highest BCUT2D eigenvalue weighted by Crippen LogP contribution is 2.26. The first kappa shape index (κ1) is 14.2. The Morgan fingerprint density at radius 1 is 0.909 bits per heavy atom. The first-order valence-corrected chi connectivity index (χ1v) is 6.74. The van der Waals surface area contributed by atoms with Crippen LogP contribution in [0.15, 0.2) is 61.2 Å². The van der Waals surface area contributed by atoms with Gasteiger partial charge in [0.05, 0.1) is 6.04 Å². The molecular weight excluding hydrogens is 286 g/mol. The molecule has 0 saturated carbocycles. The summed E-state index contributed by atoms with van der Waals surface area (Å²) >= 11 is 0. The molecule has 1 heterocycles. The van der Waals surface area contributed by atoms with Gasteiger partial charge in [-0.05, 0) is 35.4 Å². The normalized spacial score (nSPS) is 10.9. The molecule has 1 aromatic heterocycles. The lowest BCUT2D eigenvalue weighted by molar-refractivity contribution is 0.527. The van der Waals surface area contributed by atoms with Gasteiger partial charge in [-0.1, -0.05) is 24.3 Å². The average Bonchev–Trinajstić information content (AvgIpc) is 3.05. The average molecular weight is 300 g/mol. The van der Waals surface area contributed by atoms with E-state index in [2.05, 4.69) is 10.1 Å². The summed E-state index contributed by atoms with van der Waals surface area (Å²) < 4.78 is 26.4. The Balaban J connectivity index is 2.05. The number of hydrogen-bond donors (Lipinski definition) is 0. The third-order valence-electron chi connectivity index (χ3n) is 3.47. The molecule has 4 nitrogen and oxygen atoms in total. The van der Waals surface area contributed by atoms with Crippen molar-refractivity contribution < 1.29 is 8.78 Å². The molecule has 3 rings (SSSR count). The van der Waals surface area contributed by atoms with Gasteiger partial charge in [0.1, 0.15) is 24.3 Å². The monoisotopic (exact) mass is 300 g/mol. The maximum Gasteiger partial charge on any atom is 0.139 e. The van der Waals surface area contributed by atoms with Crippen molar-refractivity contribution in [2.45, 2.75) is 6.04 Å². The van der Waals surface area contributed by atoms with Gasteiger partial charge in [-0.15, -0.1) is 5.10 Å². The number of halogens is 2. The maximum absolute atomic E-state index is 13.2. The Labute approximate surface area is 126 Å². The molecule has 0 aliphatic rings. The van der Waals surface area contributed by atoms with Crippen molar-refractivity contribution >= 4 is 0 Å². The van der Waals surface area contributed by atoms with E-state index in [1.165, 1.54) is 30.6 Å². The molecule has 0 amide bonds. The molecule has 0 atom stereocenters. The van der Waals surface area contributed by atoms with Crippen molar-refractivity contribution in [2.75, 3.05) is 12.1 Å². The largest absolute Gasteiger partial charge is 0.287 e. The first-order chi connectivity index (χ1) is 10.6. The Hall–Kier alpha value is -2.76. The molecule has 0 N–H and O–H groups in total.